The number of alkyl halides is 3. The van der Waals surface area contributed by atoms with E-state index in [1.165, 1.54) is 0 Å². The standard InChI is InChI=1S/C27H29F3N2O2/c1-33-25-18-22(10-13-24(25)34-19-20-6-3-2-4-7-20)26(32-16-5-14-31-15-17-32)21-8-11-23(12-9-21)27(28,29)30/h2-4,6-13,18,26,31H,5,14-17,19H2,1H3. The van der Waals surface area contributed by atoms with Crippen molar-refractivity contribution in [2.24, 2.45) is 0 Å². The summed E-state index contributed by atoms with van der Waals surface area (Å²) < 4.78 is 51.1. The molecule has 34 heavy (non-hydrogen) atoms. The zero-order valence-electron chi connectivity index (χ0n) is 19.1. The number of hydrogen-bond acceptors (Lipinski definition) is 4. The predicted octanol–water partition coefficient (Wildman–Crippen LogP) is 5.68. The van der Waals surface area contributed by atoms with Gasteiger partial charge in [-0.3, -0.25) is 4.90 Å². The molecule has 4 rings (SSSR count). The van der Waals surface area contributed by atoms with Crippen molar-refractivity contribution >= 4 is 0 Å². The number of nitrogens with zero attached hydrogens (tertiary/aromatic N) is 1. The SMILES string of the molecule is COc1cc(C(c2ccc(C(F)(F)F)cc2)N2CCCNCC2)ccc1OCc1ccccc1. The molecule has 7 heteroatoms. The van der Waals surface area contributed by atoms with Gasteiger partial charge in [-0.2, -0.15) is 13.2 Å². The fourth-order valence-electron chi connectivity index (χ4n) is 4.30. The molecule has 1 saturated heterocycles. The molecule has 1 aliphatic heterocycles. The van der Waals surface area contributed by atoms with Gasteiger partial charge in [-0.05, 0) is 53.9 Å². The van der Waals surface area contributed by atoms with Crippen molar-refractivity contribution in [3.63, 3.8) is 0 Å². The van der Waals surface area contributed by atoms with Gasteiger partial charge in [0.2, 0.25) is 0 Å². The lowest BCUT2D eigenvalue weighted by Crippen LogP contribution is -2.33. The van der Waals surface area contributed by atoms with Crippen molar-refractivity contribution < 1.29 is 22.6 Å². The molecule has 4 nitrogen and oxygen atoms in total. The Kier molecular flexibility index (Phi) is 7.75. The van der Waals surface area contributed by atoms with Crippen molar-refractivity contribution in [2.45, 2.75) is 25.2 Å². The number of halogens is 3. The minimum atomic E-state index is -4.36. The van der Waals surface area contributed by atoms with Crippen LogP contribution in [0.1, 0.15) is 34.7 Å². The van der Waals surface area contributed by atoms with Crippen molar-refractivity contribution in [1.29, 1.82) is 0 Å². The monoisotopic (exact) mass is 470 g/mol. The Labute approximate surface area is 198 Å². The maximum Gasteiger partial charge on any atom is 0.416 e. The number of ether oxygens (including phenoxy) is 2. The number of methoxy groups -OCH3 is 1. The highest BCUT2D eigenvalue weighted by Crippen LogP contribution is 2.37. The van der Waals surface area contributed by atoms with Gasteiger partial charge in [0.15, 0.2) is 11.5 Å². The Balaban J connectivity index is 1.64. The second-order valence-electron chi connectivity index (χ2n) is 8.35. The molecule has 0 radical (unpaired) electrons. The van der Waals surface area contributed by atoms with E-state index >= 15 is 0 Å². The van der Waals surface area contributed by atoms with Gasteiger partial charge >= 0.3 is 6.18 Å². The zero-order chi connectivity index (χ0) is 24.0. The average molecular weight is 471 g/mol. The van der Waals surface area contributed by atoms with E-state index in [2.05, 4.69) is 10.2 Å². The summed E-state index contributed by atoms with van der Waals surface area (Å²) in [5.41, 5.74) is 2.17. The maximum absolute atomic E-state index is 13.1. The number of hydrogen-bond donors (Lipinski definition) is 1. The Bertz CT molecular complexity index is 1050. The number of nitrogens with one attached hydrogen (secondary N) is 1. The summed E-state index contributed by atoms with van der Waals surface area (Å²) in [6.07, 6.45) is -3.39. The predicted molar refractivity (Wildman–Crippen MR) is 126 cm³/mol. The van der Waals surface area contributed by atoms with Gasteiger partial charge in [0.25, 0.3) is 0 Å². The first-order chi connectivity index (χ1) is 16.5. The Morgan fingerprint density at radius 2 is 1.62 bits per heavy atom. The van der Waals surface area contributed by atoms with Gasteiger partial charge in [-0.25, -0.2) is 0 Å². The van der Waals surface area contributed by atoms with Crippen molar-refractivity contribution in [3.05, 3.63) is 95.1 Å². The molecule has 1 fully saturated rings. The third-order valence-electron chi connectivity index (χ3n) is 6.03. The van der Waals surface area contributed by atoms with E-state index in [-0.39, 0.29) is 6.04 Å². The van der Waals surface area contributed by atoms with Crippen LogP contribution in [-0.4, -0.2) is 38.2 Å². The lowest BCUT2D eigenvalue weighted by molar-refractivity contribution is -0.137. The van der Waals surface area contributed by atoms with Crippen LogP contribution in [-0.2, 0) is 12.8 Å². The summed E-state index contributed by atoms with van der Waals surface area (Å²) in [6, 6.07) is 20.9. The topological polar surface area (TPSA) is 33.7 Å². The largest absolute Gasteiger partial charge is 0.493 e. The highest BCUT2D eigenvalue weighted by atomic mass is 19.4. The first-order valence-corrected chi connectivity index (χ1v) is 11.4. The quantitative estimate of drug-likeness (QED) is 0.482. The number of benzene rings is 3. The lowest BCUT2D eigenvalue weighted by atomic mass is 9.95. The van der Waals surface area contributed by atoms with E-state index < -0.39 is 11.7 Å². The van der Waals surface area contributed by atoms with E-state index in [1.807, 2.05) is 48.5 Å². The number of rotatable bonds is 7. The molecule has 1 heterocycles. The van der Waals surface area contributed by atoms with Crippen LogP contribution in [0.3, 0.4) is 0 Å². The molecule has 1 atom stereocenters. The molecule has 3 aromatic rings. The second kappa shape index (κ2) is 10.9. The summed E-state index contributed by atoms with van der Waals surface area (Å²) in [6.45, 7) is 3.79. The van der Waals surface area contributed by atoms with Crippen LogP contribution in [0.5, 0.6) is 11.5 Å². The van der Waals surface area contributed by atoms with Crippen LogP contribution in [0.25, 0.3) is 0 Å². The van der Waals surface area contributed by atoms with E-state index in [9.17, 15) is 13.2 Å². The third kappa shape index (κ3) is 5.90. The first kappa shape index (κ1) is 24.1. The minimum absolute atomic E-state index is 0.195. The summed E-state index contributed by atoms with van der Waals surface area (Å²) in [5.74, 6) is 1.22. The summed E-state index contributed by atoms with van der Waals surface area (Å²) in [7, 11) is 1.59. The molecule has 0 aromatic heterocycles. The van der Waals surface area contributed by atoms with Crippen molar-refractivity contribution in [3.8, 4) is 11.5 Å². The Morgan fingerprint density at radius 3 is 2.32 bits per heavy atom. The molecule has 180 valence electrons. The zero-order valence-corrected chi connectivity index (χ0v) is 19.1. The Hall–Kier alpha value is -3.03. The van der Waals surface area contributed by atoms with E-state index in [4.69, 9.17) is 9.47 Å². The normalized spacial score (nSPS) is 16.0. The van der Waals surface area contributed by atoms with Crippen LogP contribution in [0.4, 0.5) is 13.2 Å². The maximum atomic E-state index is 13.1. The van der Waals surface area contributed by atoms with Gasteiger partial charge in [-0.1, -0.05) is 48.5 Å². The van der Waals surface area contributed by atoms with Gasteiger partial charge in [0, 0.05) is 19.6 Å². The van der Waals surface area contributed by atoms with Gasteiger partial charge < -0.3 is 14.8 Å². The molecule has 0 saturated carbocycles. The van der Waals surface area contributed by atoms with E-state index in [0.29, 0.717) is 18.1 Å². The molecule has 3 aromatic carbocycles. The third-order valence-corrected chi connectivity index (χ3v) is 6.03. The molecule has 1 unspecified atom stereocenters. The minimum Gasteiger partial charge on any atom is -0.493 e. The molecule has 0 spiro atoms. The summed E-state index contributed by atoms with van der Waals surface area (Å²) >= 11 is 0. The average Bonchev–Trinajstić information content (AvgIpc) is 3.13. The van der Waals surface area contributed by atoms with E-state index in [1.54, 1.807) is 19.2 Å². The fraction of sp³-hybridized carbons (Fsp3) is 0.333. The van der Waals surface area contributed by atoms with Crippen LogP contribution in [0.15, 0.2) is 72.8 Å². The molecule has 1 N–H and O–H groups in total. The molecule has 0 bridgehead atoms. The van der Waals surface area contributed by atoms with Crippen LogP contribution < -0.4 is 14.8 Å². The van der Waals surface area contributed by atoms with E-state index in [0.717, 1.165) is 61.4 Å². The van der Waals surface area contributed by atoms with Gasteiger partial charge in [0.1, 0.15) is 6.61 Å². The Morgan fingerprint density at radius 1 is 0.882 bits per heavy atom. The molecular formula is C27H29F3N2O2. The molecule has 1 aliphatic rings. The molecule has 0 aliphatic carbocycles. The fourth-order valence-corrected chi connectivity index (χ4v) is 4.30. The summed E-state index contributed by atoms with van der Waals surface area (Å²) in [5, 5.41) is 3.39. The highest BCUT2D eigenvalue weighted by molar-refractivity contribution is 5.46. The van der Waals surface area contributed by atoms with Crippen LogP contribution >= 0.6 is 0 Å². The smallest absolute Gasteiger partial charge is 0.416 e. The van der Waals surface area contributed by atoms with Crippen molar-refractivity contribution in [2.75, 3.05) is 33.3 Å². The van der Waals surface area contributed by atoms with Gasteiger partial charge in [-0.15, -0.1) is 0 Å². The highest BCUT2D eigenvalue weighted by Gasteiger charge is 2.31. The first-order valence-electron chi connectivity index (χ1n) is 11.4. The molecular weight excluding hydrogens is 441 g/mol. The summed E-state index contributed by atoms with van der Waals surface area (Å²) in [4.78, 5) is 2.31. The second-order valence-corrected chi connectivity index (χ2v) is 8.35. The molecule has 0 amide bonds. The van der Waals surface area contributed by atoms with Crippen LogP contribution in [0, 0.1) is 0 Å². The lowest BCUT2D eigenvalue weighted by Gasteiger charge is -2.32. The van der Waals surface area contributed by atoms with Crippen molar-refractivity contribution in [1.82, 2.24) is 10.2 Å². The van der Waals surface area contributed by atoms with Crippen LogP contribution in [0.2, 0.25) is 0 Å². The van der Waals surface area contributed by atoms with Gasteiger partial charge in [0.05, 0.1) is 18.7 Å².